The molecule has 2 unspecified atom stereocenters. The average Bonchev–Trinajstić information content (AvgIpc) is 2.34. The van der Waals surface area contributed by atoms with Crippen LogP contribution in [0.15, 0.2) is 17.0 Å². The predicted octanol–water partition coefficient (Wildman–Crippen LogP) is 4.36. The van der Waals surface area contributed by atoms with E-state index in [2.05, 4.69) is 12.2 Å². The Morgan fingerprint density at radius 2 is 1.95 bits per heavy atom. The van der Waals surface area contributed by atoms with Crippen molar-refractivity contribution in [3.63, 3.8) is 0 Å². The first kappa shape index (κ1) is 14.8. The minimum atomic E-state index is -0.423. The summed E-state index contributed by atoms with van der Waals surface area (Å²) in [5.74, 6) is -0.178. The molecule has 1 saturated carbocycles. The highest BCUT2D eigenvalue weighted by Crippen LogP contribution is 2.38. The van der Waals surface area contributed by atoms with Crippen molar-refractivity contribution in [2.24, 2.45) is 5.92 Å². The average molecular weight is 285 g/mol. The molecule has 1 N–H and O–H groups in total. The zero-order valence-corrected chi connectivity index (χ0v) is 12.3. The fraction of sp³-hybridized carbons (Fsp3) is 0.600. The molecular formula is C15H21F2NS. The summed E-state index contributed by atoms with van der Waals surface area (Å²) in [4.78, 5) is 0.193. The molecule has 2 atom stereocenters. The third kappa shape index (κ3) is 3.93. The topological polar surface area (TPSA) is 12.0 Å². The highest BCUT2D eigenvalue weighted by Gasteiger charge is 2.23. The minimum absolute atomic E-state index is 0.193. The van der Waals surface area contributed by atoms with Gasteiger partial charge in [0, 0.05) is 11.8 Å². The van der Waals surface area contributed by atoms with Gasteiger partial charge in [0.05, 0.1) is 4.90 Å². The molecule has 0 heterocycles. The van der Waals surface area contributed by atoms with Crippen LogP contribution in [0.2, 0.25) is 0 Å². The molecule has 0 aromatic heterocycles. The second kappa shape index (κ2) is 6.71. The van der Waals surface area contributed by atoms with E-state index in [4.69, 9.17) is 0 Å². The molecule has 1 aliphatic carbocycles. The molecule has 0 aliphatic heterocycles. The molecule has 106 valence electrons. The Hall–Kier alpha value is -0.610. The number of benzene rings is 1. The Labute approximate surface area is 118 Å². The Balaban J connectivity index is 2.11. The third-order valence-electron chi connectivity index (χ3n) is 3.61. The van der Waals surface area contributed by atoms with E-state index in [1.807, 2.05) is 0 Å². The zero-order valence-electron chi connectivity index (χ0n) is 11.5. The molecule has 0 bridgehead atoms. The molecule has 0 radical (unpaired) electrons. The highest BCUT2D eigenvalue weighted by atomic mass is 32.2. The lowest BCUT2D eigenvalue weighted by Gasteiger charge is -2.26. The van der Waals surface area contributed by atoms with Gasteiger partial charge in [-0.1, -0.05) is 19.8 Å². The molecular weight excluding hydrogens is 264 g/mol. The van der Waals surface area contributed by atoms with Gasteiger partial charge in [0.1, 0.15) is 11.6 Å². The summed E-state index contributed by atoms with van der Waals surface area (Å²) in [5.41, 5.74) is 0.652. The lowest BCUT2D eigenvalue weighted by Crippen LogP contribution is -2.15. The van der Waals surface area contributed by atoms with Gasteiger partial charge in [-0.2, -0.15) is 0 Å². The molecule has 0 amide bonds. The van der Waals surface area contributed by atoms with Gasteiger partial charge in [-0.25, -0.2) is 8.78 Å². The van der Waals surface area contributed by atoms with Crippen LogP contribution in [0.5, 0.6) is 0 Å². The maximum absolute atomic E-state index is 14.0. The molecule has 0 spiro atoms. The van der Waals surface area contributed by atoms with Crippen molar-refractivity contribution >= 4 is 11.8 Å². The van der Waals surface area contributed by atoms with E-state index in [1.54, 1.807) is 7.05 Å². The van der Waals surface area contributed by atoms with Gasteiger partial charge in [0.25, 0.3) is 0 Å². The van der Waals surface area contributed by atoms with Crippen molar-refractivity contribution in [2.75, 3.05) is 7.05 Å². The largest absolute Gasteiger partial charge is 0.316 e. The van der Waals surface area contributed by atoms with E-state index in [0.29, 0.717) is 23.3 Å². The smallest absolute Gasteiger partial charge is 0.140 e. The van der Waals surface area contributed by atoms with E-state index >= 15 is 0 Å². The Morgan fingerprint density at radius 3 is 2.53 bits per heavy atom. The third-order valence-corrected chi connectivity index (χ3v) is 5.00. The first-order chi connectivity index (χ1) is 9.10. The summed E-state index contributed by atoms with van der Waals surface area (Å²) in [6.45, 7) is 2.70. The molecule has 19 heavy (non-hydrogen) atoms. The molecule has 1 nitrogen and oxygen atoms in total. The second-order valence-electron chi connectivity index (χ2n) is 5.43. The molecule has 1 aliphatic rings. The van der Waals surface area contributed by atoms with Gasteiger partial charge >= 0.3 is 0 Å². The molecule has 2 rings (SSSR count). The fourth-order valence-corrected chi connectivity index (χ4v) is 4.07. The van der Waals surface area contributed by atoms with Crippen LogP contribution in [0.4, 0.5) is 8.78 Å². The van der Waals surface area contributed by atoms with E-state index in [1.165, 1.54) is 36.7 Å². The normalized spacial score (nSPS) is 23.6. The molecule has 1 fully saturated rings. The van der Waals surface area contributed by atoms with Gasteiger partial charge in [-0.3, -0.25) is 0 Å². The van der Waals surface area contributed by atoms with Crippen molar-refractivity contribution in [2.45, 2.75) is 49.3 Å². The van der Waals surface area contributed by atoms with Crippen molar-refractivity contribution < 1.29 is 8.78 Å². The van der Waals surface area contributed by atoms with Crippen LogP contribution in [0.3, 0.4) is 0 Å². The van der Waals surface area contributed by atoms with E-state index in [0.717, 1.165) is 12.8 Å². The summed E-state index contributed by atoms with van der Waals surface area (Å²) < 4.78 is 28.0. The van der Waals surface area contributed by atoms with Crippen molar-refractivity contribution in [1.82, 2.24) is 5.32 Å². The van der Waals surface area contributed by atoms with Crippen molar-refractivity contribution in [1.29, 1.82) is 0 Å². The zero-order chi connectivity index (χ0) is 13.8. The standard InChI is InChI=1S/C15H21F2NS/c1-10-4-3-5-12(6-10)19-15-13(16)7-11(9-18-2)8-14(15)17/h7-8,10,12,18H,3-6,9H2,1-2H3. The second-order valence-corrected chi connectivity index (χ2v) is 6.74. The summed E-state index contributed by atoms with van der Waals surface area (Å²) in [7, 11) is 1.77. The van der Waals surface area contributed by atoms with E-state index < -0.39 is 11.6 Å². The Morgan fingerprint density at radius 1 is 1.26 bits per heavy atom. The van der Waals surface area contributed by atoms with E-state index in [9.17, 15) is 8.78 Å². The van der Waals surface area contributed by atoms with E-state index in [-0.39, 0.29) is 4.90 Å². The van der Waals surface area contributed by atoms with Crippen LogP contribution < -0.4 is 5.32 Å². The first-order valence-corrected chi connectivity index (χ1v) is 7.77. The molecule has 1 aromatic carbocycles. The van der Waals surface area contributed by atoms with Crippen LogP contribution in [0.1, 0.15) is 38.2 Å². The van der Waals surface area contributed by atoms with Crippen LogP contribution in [0.25, 0.3) is 0 Å². The number of rotatable bonds is 4. The number of nitrogens with one attached hydrogen (secondary N) is 1. The van der Waals surface area contributed by atoms with Gasteiger partial charge in [-0.05, 0) is 43.5 Å². The maximum atomic E-state index is 14.0. The minimum Gasteiger partial charge on any atom is -0.316 e. The fourth-order valence-electron chi connectivity index (χ4n) is 2.68. The SMILES string of the molecule is CNCc1cc(F)c(SC2CCCC(C)C2)c(F)c1. The summed E-state index contributed by atoms with van der Waals surface area (Å²) in [6.07, 6.45) is 4.52. The predicted molar refractivity (Wildman–Crippen MR) is 76.4 cm³/mol. The van der Waals surface area contributed by atoms with Gasteiger partial charge in [0.15, 0.2) is 0 Å². The first-order valence-electron chi connectivity index (χ1n) is 6.89. The monoisotopic (exact) mass is 285 g/mol. The quantitative estimate of drug-likeness (QED) is 0.882. The van der Waals surface area contributed by atoms with Gasteiger partial charge in [0.2, 0.25) is 0 Å². The molecule has 1 aromatic rings. The van der Waals surface area contributed by atoms with Crippen molar-refractivity contribution in [3.8, 4) is 0 Å². The maximum Gasteiger partial charge on any atom is 0.140 e. The lowest BCUT2D eigenvalue weighted by atomic mass is 9.91. The van der Waals surface area contributed by atoms with Gasteiger partial charge in [-0.15, -0.1) is 11.8 Å². The van der Waals surface area contributed by atoms with Gasteiger partial charge < -0.3 is 5.32 Å². The number of hydrogen-bond acceptors (Lipinski definition) is 2. The van der Waals surface area contributed by atoms with Crippen LogP contribution in [0, 0.1) is 17.6 Å². The van der Waals surface area contributed by atoms with Crippen LogP contribution in [-0.2, 0) is 6.54 Å². The molecule has 4 heteroatoms. The summed E-state index contributed by atoms with van der Waals surface area (Å²) >= 11 is 1.38. The number of halogens is 2. The summed E-state index contributed by atoms with van der Waals surface area (Å²) in [5, 5.41) is 3.25. The van der Waals surface area contributed by atoms with Crippen molar-refractivity contribution in [3.05, 3.63) is 29.3 Å². The highest BCUT2D eigenvalue weighted by molar-refractivity contribution is 8.00. The van der Waals surface area contributed by atoms with Crippen LogP contribution in [-0.4, -0.2) is 12.3 Å². The number of thioether (sulfide) groups is 1. The Bertz CT molecular complexity index is 413. The molecule has 0 saturated heterocycles. The van der Waals surface area contributed by atoms with Crippen LogP contribution >= 0.6 is 11.8 Å². The summed E-state index contributed by atoms with van der Waals surface area (Å²) in [6, 6.07) is 2.88. The Kier molecular flexibility index (Phi) is 5.22. The lowest BCUT2D eigenvalue weighted by molar-refractivity contribution is 0.393. The number of hydrogen-bond donors (Lipinski definition) is 1.